The molecule has 336 valence electrons. The first-order valence-corrected chi connectivity index (χ1v) is 21.7. The number of nitrogens with zero attached hydrogens (tertiary/aromatic N) is 4. The molecule has 19 heteroatoms. The van der Waals surface area contributed by atoms with Gasteiger partial charge in [0.2, 0.25) is 5.91 Å². The van der Waals surface area contributed by atoms with E-state index >= 15 is 0 Å². The predicted molar refractivity (Wildman–Crippen MR) is 222 cm³/mol. The van der Waals surface area contributed by atoms with Crippen LogP contribution in [0.15, 0.2) is 51.7 Å². The number of aliphatic hydroxyl groups excluding tert-OH is 3. The number of carbonyl (C=O) groups is 4. The lowest BCUT2D eigenvalue weighted by molar-refractivity contribution is -0.284. The highest BCUT2D eigenvalue weighted by Crippen LogP contribution is 2.29. The van der Waals surface area contributed by atoms with Crippen molar-refractivity contribution in [1.29, 1.82) is 0 Å². The summed E-state index contributed by atoms with van der Waals surface area (Å²) < 4.78 is 23.3. The molecule has 0 aliphatic carbocycles. The van der Waals surface area contributed by atoms with Crippen LogP contribution in [-0.2, 0) is 36.6 Å². The molecule has 2 aromatic carbocycles. The molecule has 5 amide bonds. The number of aliphatic hydroxyl groups is 3. The number of oxazole rings is 1. The van der Waals surface area contributed by atoms with Crippen LogP contribution in [0.1, 0.15) is 56.6 Å². The number of para-hydroxylation sites is 1. The van der Waals surface area contributed by atoms with Crippen LogP contribution in [0.25, 0.3) is 11.1 Å². The lowest BCUT2D eigenvalue weighted by atomic mass is 9.96. The maximum absolute atomic E-state index is 14.3. The zero-order valence-corrected chi connectivity index (χ0v) is 34.9. The number of amides is 5. The highest BCUT2D eigenvalue weighted by molar-refractivity contribution is 5.91. The van der Waals surface area contributed by atoms with Crippen molar-refractivity contribution in [3.8, 4) is 0 Å². The van der Waals surface area contributed by atoms with E-state index in [0.29, 0.717) is 101 Å². The Labute approximate surface area is 358 Å². The fourth-order valence-electron chi connectivity index (χ4n) is 9.61. The number of rotatable bonds is 10. The Kier molecular flexibility index (Phi) is 13.5. The van der Waals surface area contributed by atoms with Gasteiger partial charge in [-0.15, -0.1) is 0 Å². The van der Waals surface area contributed by atoms with Crippen LogP contribution in [0.2, 0.25) is 0 Å². The van der Waals surface area contributed by atoms with Gasteiger partial charge in [-0.05, 0) is 74.3 Å². The van der Waals surface area contributed by atoms with Crippen molar-refractivity contribution in [2.75, 3.05) is 57.7 Å². The Bertz CT molecular complexity index is 2120. The maximum Gasteiger partial charge on any atom is 0.417 e. The van der Waals surface area contributed by atoms with Crippen molar-refractivity contribution < 1.29 is 53.1 Å². The van der Waals surface area contributed by atoms with Gasteiger partial charge in [0, 0.05) is 76.9 Å². The van der Waals surface area contributed by atoms with E-state index in [0.717, 1.165) is 17.7 Å². The molecule has 2 unspecified atom stereocenters. The van der Waals surface area contributed by atoms with Crippen LogP contribution in [0, 0.1) is 0 Å². The Morgan fingerprint density at radius 2 is 1.60 bits per heavy atom. The zero-order chi connectivity index (χ0) is 43.5. The van der Waals surface area contributed by atoms with Gasteiger partial charge in [-0.2, -0.15) is 0 Å². The van der Waals surface area contributed by atoms with E-state index in [1.54, 1.807) is 28.0 Å². The van der Waals surface area contributed by atoms with Crippen molar-refractivity contribution >= 4 is 40.7 Å². The largest absolute Gasteiger partial charge is 0.436 e. The van der Waals surface area contributed by atoms with Crippen molar-refractivity contribution in [3.05, 3.63) is 64.1 Å². The number of hydrogen-bond acceptors (Lipinski definition) is 13. The second-order valence-electron chi connectivity index (χ2n) is 17.0. The number of likely N-dealkylation sites (tertiary alicyclic amines) is 3. The molecule has 4 fully saturated rings. The molecule has 5 aliphatic rings. The molecular formula is C43H57N7O12. The van der Waals surface area contributed by atoms with Crippen molar-refractivity contribution in [1.82, 2.24) is 29.9 Å². The van der Waals surface area contributed by atoms with Crippen LogP contribution in [0.5, 0.6) is 0 Å². The van der Waals surface area contributed by atoms with Gasteiger partial charge in [0.25, 0.3) is 5.91 Å². The summed E-state index contributed by atoms with van der Waals surface area (Å²) in [7, 11) is 0. The normalized spacial score (nSPS) is 26.4. The molecule has 4 saturated heterocycles. The second kappa shape index (κ2) is 19.1. The lowest BCUT2D eigenvalue weighted by Crippen LogP contribution is -2.65. The first-order valence-electron chi connectivity index (χ1n) is 21.7. The Morgan fingerprint density at radius 1 is 0.887 bits per heavy atom. The molecule has 5 aliphatic heterocycles. The number of H-pyrrole nitrogens is 1. The molecule has 1 aromatic heterocycles. The van der Waals surface area contributed by atoms with E-state index < -0.39 is 61.1 Å². The van der Waals surface area contributed by atoms with Crippen molar-refractivity contribution in [2.45, 2.75) is 113 Å². The van der Waals surface area contributed by atoms with Crippen LogP contribution in [0.4, 0.5) is 15.3 Å². The number of fused-ring (bicyclic) bond motifs is 2. The van der Waals surface area contributed by atoms with Crippen LogP contribution < -0.4 is 16.4 Å². The minimum absolute atomic E-state index is 0.0508. The standard InChI is InChI=1S/C43H57N7O12/c1-25(52)44-36-38(54)37(53)35(24-51)60-40(36)59-30-13-19-47(20-14-30)28-9-15-48(16-10-28)39(55)34(23-26-6-7-32-33(22-26)61-42(57)46-32)62-43(58)49-17-11-29(12-18-49)50-21-8-27-4-2-3-5-31(27)45-41(50)56/h2-7,22,28-30,34-38,40,51,53-54H,8-21,23-24H2,1H3,(H,44,52)(H,45,56)(H,46,57)/t34-,35?,36-,37-,38?,40-/m1/s1. The highest BCUT2D eigenvalue weighted by atomic mass is 16.7. The lowest BCUT2D eigenvalue weighted by Gasteiger charge is -2.45. The number of aromatic amines is 1. The van der Waals surface area contributed by atoms with Gasteiger partial charge in [0.05, 0.1) is 18.2 Å². The minimum atomic E-state index is -1.39. The van der Waals surface area contributed by atoms with E-state index in [9.17, 15) is 39.3 Å². The van der Waals surface area contributed by atoms with Gasteiger partial charge < -0.3 is 64.2 Å². The van der Waals surface area contributed by atoms with Crippen LogP contribution >= 0.6 is 0 Å². The van der Waals surface area contributed by atoms with Crippen LogP contribution in [0.3, 0.4) is 0 Å². The van der Waals surface area contributed by atoms with E-state index in [1.807, 2.05) is 29.2 Å². The van der Waals surface area contributed by atoms with E-state index in [1.165, 1.54) is 6.92 Å². The summed E-state index contributed by atoms with van der Waals surface area (Å²) in [5.41, 5.74) is 3.43. The molecule has 0 spiro atoms. The molecule has 3 aromatic rings. The quantitative estimate of drug-likeness (QED) is 0.168. The van der Waals surface area contributed by atoms with E-state index in [-0.39, 0.29) is 36.5 Å². The number of piperidine rings is 3. The number of urea groups is 1. The SMILES string of the molecule is CC(=O)N[C@@H]1C(O)[C@H](O)C(CO)O[C@H]1OC1CCN(C2CCN(C(=O)[C@@H](Cc3ccc4[nH]c(=O)oc4c3)OC(=O)N3CCC(N4CCc5ccccc5NC4=O)CC3)CC2)CC1. The summed E-state index contributed by atoms with van der Waals surface area (Å²) in [4.78, 5) is 75.2. The van der Waals surface area contributed by atoms with Crippen molar-refractivity contribution in [2.24, 2.45) is 0 Å². The number of benzene rings is 2. The molecule has 0 bridgehead atoms. The Balaban J connectivity index is 0.858. The summed E-state index contributed by atoms with van der Waals surface area (Å²) in [6.07, 6.45) is -2.19. The number of carbonyl (C=O) groups excluding carboxylic acids is 4. The number of anilines is 1. The summed E-state index contributed by atoms with van der Waals surface area (Å²) in [5.74, 6) is -1.31. The highest BCUT2D eigenvalue weighted by Gasteiger charge is 2.46. The number of aromatic nitrogens is 1. The number of hydrogen-bond donors (Lipinski definition) is 6. The van der Waals surface area contributed by atoms with Gasteiger partial charge in [-0.3, -0.25) is 14.6 Å². The molecular weight excluding hydrogens is 807 g/mol. The molecule has 8 rings (SSSR count). The molecule has 6 atom stereocenters. The average molecular weight is 864 g/mol. The molecule has 0 radical (unpaired) electrons. The van der Waals surface area contributed by atoms with Crippen molar-refractivity contribution in [3.63, 3.8) is 0 Å². The molecule has 6 N–H and O–H groups in total. The molecule has 62 heavy (non-hydrogen) atoms. The summed E-state index contributed by atoms with van der Waals surface area (Å²) in [6, 6.07) is 11.9. The van der Waals surface area contributed by atoms with E-state index in [2.05, 4.69) is 20.5 Å². The Hall–Kier alpha value is -5.05. The summed E-state index contributed by atoms with van der Waals surface area (Å²) in [5, 5.41) is 36.4. The summed E-state index contributed by atoms with van der Waals surface area (Å²) >= 11 is 0. The minimum Gasteiger partial charge on any atom is -0.436 e. The van der Waals surface area contributed by atoms with Gasteiger partial charge in [0.1, 0.15) is 24.4 Å². The first-order chi connectivity index (χ1) is 29.9. The van der Waals surface area contributed by atoms with Gasteiger partial charge in [-0.1, -0.05) is 24.3 Å². The Morgan fingerprint density at radius 3 is 2.32 bits per heavy atom. The predicted octanol–water partition coefficient (Wildman–Crippen LogP) is 1.14. The second-order valence-corrected chi connectivity index (χ2v) is 17.0. The van der Waals surface area contributed by atoms with E-state index in [4.69, 9.17) is 18.6 Å². The van der Waals surface area contributed by atoms with Gasteiger partial charge >= 0.3 is 17.9 Å². The zero-order valence-electron chi connectivity index (χ0n) is 34.9. The fourth-order valence-corrected chi connectivity index (χ4v) is 9.61. The third-order valence-corrected chi connectivity index (χ3v) is 13.1. The summed E-state index contributed by atoms with van der Waals surface area (Å²) in [6.45, 7) is 4.43. The molecule has 6 heterocycles. The maximum atomic E-state index is 14.3. The van der Waals surface area contributed by atoms with Gasteiger partial charge in [0.15, 0.2) is 18.0 Å². The van der Waals surface area contributed by atoms with Crippen LogP contribution in [-0.4, -0.2) is 171 Å². The monoisotopic (exact) mass is 863 g/mol. The third kappa shape index (κ3) is 9.77. The first kappa shape index (κ1) is 43.6. The number of nitrogens with one attached hydrogen (secondary N) is 3. The fraction of sp³-hybridized carbons (Fsp3) is 0.605. The van der Waals surface area contributed by atoms with Gasteiger partial charge in [-0.25, -0.2) is 14.4 Å². The smallest absolute Gasteiger partial charge is 0.417 e. The average Bonchev–Trinajstić information content (AvgIpc) is 3.56. The molecule has 0 saturated carbocycles. The number of ether oxygens (including phenoxy) is 3. The third-order valence-electron chi connectivity index (χ3n) is 13.1. The molecule has 19 nitrogen and oxygen atoms in total. The topological polar surface area (TPSA) is 240 Å².